The summed E-state index contributed by atoms with van der Waals surface area (Å²) in [5.74, 6) is 1.08. The maximum Gasteiger partial charge on any atom is 0.261 e. The predicted octanol–water partition coefficient (Wildman–Crippen LogP) is 2.08. The number of hydrogen-bond acceptors (Lipinski definition) is 4. The van der Waals surface area contributed by atoms with E-state index in [1.807, 2.05) is 0 Å². The zero-order chi connectivity index (χ0) is 15.3. The van der Waals surface area contributed by atoms with Gasteiger partial charge in [-0.2, -0.15) is 0 Å². The fourth-order valence-electron chi connectivity index (χ4n) is 3.44. The molecule has 2 aliphatic rings. The highest BCUT2D eigenvalue weighted by molar-refractivity contribution is 8.13. The molecule has 3 atom stereocenters. The summed E-state index contributed by atoms with van der Waals surface area (Å²) < 4.78 is 49.7. The van der Waals surface area contributed by atoms with E-state index in [2.05, 4.69) is 4.72 Å². The molecule has 2 aliphatic carbocycles. The molecule has 2 saturated carbocycles. The molecule has 1 N–H and O–H groups in total. The summed E-state index contributed by atoms with van der Waals surface area (Å²) in [6.07, 6.45) is 4.29. The Morgan fingerprint density at radius 2 is 1.57 bits per heavy atom. The first kappa shape index (κ1) is 15.3. The molecule has 0 spiro atoms. The summed E-state index contributed by atoms with van der Waals surface area (Å²) in [7, 11) is -2.24. The summed E-state index contributed by atoms with van der Waals surface area (Å²) in [6, 6.07) is 4.95. The number of halogens is 1. The van der Waals surface area contributed by atoms with Crippen molar-refractivity contribution in [1.29, 1.82) is 0 Å². The first-order valence-corrected chi connectivity index (χ1v) is 10.6. The van der Waals surface area contributed by atoms with Gasteiger partial charge in [-0.15, -0.1) is 0 Å². The van der Waals surface area contributed by atoms with Crippen LogP contribution in [0.4, 0.5) is 0 Å². The van der Waals surface area contributed by atoms with Crippen molar-refractivity contribution < 1.29 is 16.8 Å². The van der Waals surface area contributed by atoms with E-state index in [1.165, 1.54) is 30.7 Å². The van der Waals surface area contributed by atoms with Crippen LogP contribution in [0.2, 0.25) is 0 Å². The highest BCUT2D eigenvalue weighted by Gasteiger charge is 2.41. The summed E-state index contributed by atoms with van der Waals surface area (Å²) >= 11 is 0. The van der Waals surface area contributed by atoms with Gasteiger partial charge in [0, 0.05) is 16.7 Å². The van der Waals surface area contributed by atoms with Crippen LogP contribution in [-0.4, -0.2) is 22.9 Å². The number of fused-ring (bicyclic) bond motifs is 2. The van der Waals surface area contributed by atoms with Crippen LogP contribution >= 0.6 is 10.7 Å². The zero-order valence-electron chi connectivity index (χ0n) is 11.2. The monoisotopic (exact) mass is 349 g/mol. The van der Waals surface area contributed by atoms with E-state index < -0.39 is 19.1 Å². The van der Waals surface area contributed by atoms with Gasteiger partial charge < -0.3 is 0 Å². The van der Waals surface area contributed by atoms with Gasteiger partial charge in [0.05, 0.1) is 9.79 Å². The molecule has 0 amide bonds. The lowest BCUT2D eigenvalue weighted by molar-refractivity contribution is 0.390. The van der Waals surface area contributed by atoms with E-state index in [-0.39, 0.29) is 15.8 Å². The van der Waals surface area contributed by atoms with Crippen LogP contribution < -0.4 is 4.72 Å². The van der Waals surface area contributed by atoms with Gasteiger partial charge in [0.2, 0.25) is 10.0 Å². The highest BCUT2D eigenvalue weighted by atomic mass is 35.7. The van der Waals surface area contributed by atoms with Crippen LogP contribution in [0, 0.1) is 11.8 Å². The highest BCUT2D eigenvalue weighted by Crippen LogP contribution is 2.44. The Balaban J connectivity index is 1.79. The molecule has 2 fully saturated rings. The Morgan fingerprint density at radius 3 is 2.05 bits per heavy atom. The van der Waals surface area contributed by atoms with Crippen LogP contribution in [0.5, 0.6) is 0 Å². The molecule has 0 aromatic heterocycles. The van der Waals surface area contributed by atoms with Gasteiger partial charge in [0.25, 0.3) is 9.05 Å². The van der Waals surface area contributed by atoms with Gasteiger partial charge in [-0.1, -0.05) is 6.42 Å². The van der Waals surface area contributed by atoms with Crippen molar-refractivity contribution in [3.63, 3.8) is 0 Å². The third-order valence-electron chi connectivity index (χ3n) is 4.46. The fraction of sp³-hybridized carbons (Fsp3) is 0.538. The molecule has 0 heterocycles. The molecular weight excluding hydrogens is 334 g/mol. The Labute approximate surface area is 129 Å². The summed E-state index contributed by atoms with van der Waals surface area (Å²) in [6.45, 7) is 0. The minimum atomic E-state index is -3.84. The van der Waals surface area contributed by atoms with Gasteiger partial charge in [0.1, 0.15) is 0 Å². The molecule has 2 bridgehead atoms. The van der Waals surface area contributed by atoms with Crippen LogP contribution in [0.3, 0.4) is 0 Å². The zero-order valence-corrected chi connectivity index (χ0v) is 13.6. The summed E-state index contributed by atoms with van der Waals surface area (Å²) in [5, 5.41) is 0. The molecular formula is C13H16ClNO4S2. The normalized spacial score (nSPS) is 28.9. The topological polar surface area (TPSA) is 80.3 Å². The van der Waals surface area contributed by atoms with E-state index in [9.17, 15) is 16.8 Å². The molecule has 5 nitrogen and oxygen atoms in total. The van der Waals surface area contributed by atoms with Gasteiger partial charge in [0.15, 0.2) is 0 Å². The number of rotatable bonds is 4. The lowest BCUT2D eigenvalue weighted by Gasteiger charge is -2.22. The average Bonchev–Trinajstić information content (AvgIpc) is 2.99. The average molecular weight is 350 g/mol. The molecule has 0 saturated heterocycles. The lowest BCUT2D eigenvalue weighted by atomic mass is 9.96. The van der Waals surface area contributed by atoms with Gasteiger partial charge >= 0.3 is 0 Å². The molecule has 0 aliphatic heterocycles. The first-order chi connectivity index (χ1) is 9.75. The second-order valence-electron chi connectivity index (χ2n) is 5.81. The Bertz CT molecular complexity index is 743. The fourth-order valence-corrected chi connectivity index (χ4v) is 5.53. The maximum atomic E-state index is 12.3. The lowest BCUT2D eigenvalue weighted by Crippen LogP contribution is -2.38. The summed E-state index contributed by atoms with van der Waals surface area (Å²) in [4.78, 5) is -0.0441. The van der Waals surface area contributed by atoms with Crippen molar-refractivity contribution in [2.75, 3.05) is 0 Å². The van der Waals surface area contributed by atoms with Crippen molar-refractivity contribution >= 4 is 29.8 Å². The molecule has 0 radical (unpaired) electrons. The smallest absolute Gasteiger partial charge is 0.208 e. The second-order valence-corrected chi connectivity index (χ2v) is 10.1. The molecule has 8 heteroatoms. The third kappa shape index (κ3) is 3.11. The van der Waals surface area contributed by atoms with Crippen molar-refractivity contribution in [1.82, 2.24) is 4.72 Å². The predicted molar refractivity (Wildman–Crippen MR) is 79.0 cm³/mol. The number of sulfonamides is 1. The van der Waals surface area contributed by atoms with Crippen molar-refractivity contribution in [2.24, 2.45) is 11.8 Å². The summed E-state index contributed by atoms with van der Waals surface area (Å²) in [5.41, 5.74) is 0. The maximum absolute atomic E-state index is 12.3. The van der Waals surface area contributed by atoms with E-state index in [4.69, 9.17) is 10.7 Å². The second kappa shape index (κ2) is 5.22. The molecule has 3 rings (SSSR count). The Morgan fingerprint density at radius 1 is 0.952 bits per heavy atom. The minimum absolute atomic E-state index is 0.00480. The van der Waals surface area contributed by atoms with Gasteiger partial charge in [-0.25, -0.2) is 21.6 Å². The quantitative estimate of drug-likeness (QED) is 0.844. The molecule has 1 aromatic rings. The van der Waals surface area contributed by atoms with E-state index in [0.717, 1.165) is 19.3 Å². The van der Waals surface area contributed by atoms with Crippen molar-refractivity contribution in [2.45, 2.75) is 41.5 Å². The minimum Gasteiger partial charge on any atom is -0.208 e. The van der Waals surface area contributed by atoms with Crippen molar-refractivity contribution in [3.05, 3.63) is 24.3 Å². The molecule has 21 heavy (non-hydrogen) atoms. The third-order valence-corrected chi connectivity index (χ3v) is 7.34. The van der Waals surface area contributed by atoms with Gasteiger partial charge in [-0.3, -0.25) is 0 Å². The van der Waals surface area contributed by atoms with Crippen LogP contribution in [-0.2, 0) is 19.1 Å². The van der Waals surface area contributed by atoms with E-state index in [1.54, 1.807) is 0 Å². The Hall–Kier alpha value is -0.630. The van der Waals surface area contributed by atoms with Crippen LogP contribution in [0.15, 0.2) is 34.1 Å². The van der Waals surface area contributed by atoms with Gasteiger partial charge in [-0.05, 0) is 55.4 Å². The largest absolute Gasteiger partial charge is 0.261 e. The number of hydrogen-bond donors (Lipinski definition) is 1. The van der Waals surface area contributed by atoms with Crippen LogP contribution in [0.25, 0.3) is 0 Å². The molecule has 1 aromatic carbocycles. The first-order valence-electron chi connectivity index (χ1n) is 6.83. The SMILES string of the molecule is O=S(=O)(Cl)c1ccc(S(=O)(=O)NC2CC3CCC2C3)cc1. The standard InChI is InChI=1S/C13H16ClNO4S2/c14-20(16,17)11-3-5-12(6-4-11)21(18,19)15-13-8-9-1-2-10(13)7-9/h3-6,9-10,13,15H,1-2,7-8H2. The molecule has 3 unspecified atom stereocenters. The number of benzene rings is 1. The molecule has 116 valence electrons. The van der Waals surface area contributed by atoms with Crippen molar-refractivity contribution in [3.8, 4) is 0 Å². The van der Waals surface area contributed by atoms with Crippen LogP contribution in [0.1, 0.15) is 25.7 Å². The Kier molecular flexibility index (Phi) is 3.80. The van der Waals surface area contributed by atoms with E-state index >= 15 is 0 Å². The number of nitrogens with one attached hydrogen (secondary N) is 1. The van der Waals surface area contributed by atoms with E-state index in [0.29, 0.717) is 11.8 Å².